The molecule has 0 aliphatic heterocycles. The maximum Gasteiger partial charge on any atom is 0.00365 e. The van der Waals surface area contributed by atoms with Gasteiger partial charge in [-0.05, 0) is 31.1 Å². The number of unbranched alkanes of at least 4 members (excludes halogenated alkanes) is 1. The molecule has 78 valence electrons. The van der Waals surface area contributed by atoms with Crippen molar-refractivity contribution in [3.63, 3.8) is 0 Å². The lowest BCUT2D eigenvalue weighted by Crippen LogP contribution is -2.24. The van der Waals surface area contributed by atoms with E-state index in [4.69, 9.17) is 0 Å². The van der Waals surface area contributed by atoms with Crippen molar-refractivity contribution in [3.8, 4) is 0 Å². The summed E-state index contributed by atoms with van der Waals surface area (Å²) in [5.74, 6) is 0. The third-order valence-corrected chi connectivity index (χ3v) is 4.00. The van der Waals surface area contributed by atoms with Crippen LogP contribution in [0.2, 0.25) is 0 Å². The second kappa shape index (κ2) is 6.06. The zero-order chi connectivity index (χ0) is 9.57. The number of rotatable bonds is 5. The van der Waals surface area contributed by atoms with Gasteiger partial charge in [0.1, 0.15) is 0 Å². The van der Waals surface area contributed by atoms with Crippen molar-refractivity contribution < 1.29 is 0 Å². The molecule has 13 heavy (non-hydrogen) atoms. The summed E-state index contributed by atoms with van der Waals surface area (Å²) < 4.78 is 0. The first-order valence-corrected chi connectivity index (χ1v) is 7.01. The monoisotopic (exact) mass is 246 g/mol. The van der Waals surface area contributed by atoms with Crippen LogP contribution >= 0.6 is 15.9 Å². The summed E-state index contributed by atoms with van der Waals surface area (Å²) >= 11 is 3.61. The normalized spacial score (nSPS) is 21.7. The average molecular weight is 247 g/mol. The molecule has 0 heterocycles. The summed E-state index contributed by atoms with van der Waals surface area (Å²) in [7, 11) is 0. The second-order valence-electron chi connectivity index (χ2n) is 4.60. The lowest BCUT2D eigenvalue weighted by molar-refractivity contribution is 0.163. The van der Waals surface area contributed by atoms with Gasteiger partial charge >= 0.3 is 0 Å². The van der Waals surface area contributed by atoms with E-state index >= 15 is 0 Å². The van der Waals surface area contributed by atoms with Crippen molar-refractivity contribution in [2.75, 3.05) is 5.33 Å². The molecule has 1 fully saturated rings. The van der Waals surface area contributed by atoms with E-state index in [-0.39, 0.29) is 0 Å². The van der Waals surface area contributed by atoms with Gasteiger partial charge in [-0.3, -0.25) is 0 Å². The van der Waals surface area contributed by atoms with Gasteiger partial charge < -0.3 is 0 Å². The van der Waals surface area contributed by atoms with Gasteiger partial charge in [0, 0.05) is 5.33 Å². The van der Waals surface area contributed by atoms with E-state index in [0.29, 0.717) is 0 Å². The zero-order valence-electron chi connectivity index (χ0n) is 8.95. The van der Waals surface area contributed by atoms with Crippen molar-refractivity contribution in [1.29, 1.82) is 0 Å². The van der Waals surface area contributed by atoms with Crippen LogP contribution in [0.1, 0.15) is 64.7 Å². The second-order valence-corrected chi connectivity index (χ2v) is 5.40. The fourth-order valence-electron chi connectivity index (χ4n) is 2.68. The minimum Gasteiger partial charge on any atom is -0.0928 e. The summed E-state index contributed by atoms with van der Waals surface area (Å²) in [5.41, 5.74) is 0.734. The van der Waals surface area contributed by atoms with Gasteiger partial charge in [0.2, 0.25) is 0 Å². The predicted octanol–water partition coefficient (Wildman–Crippen LogP) is 4.91. The molecular formula is C12H23Br. The van der Waals surface area contributed by atoms with Gasteiger partial charge in [0.25, 0.3) is 0 Å². The predicted molar refractivity (Wildman–Crippen MR) is 63.5 cm³/mol. The van der Waals surface area contributed by atoms with Crippen molar-refractivity contribution in [1.82, 2.24) is 0 Å². The molecule has 0 spiro atoms. The Balaban J connectivity index is 2.40. The van der Waals surface area contributed by atoms with Gasteiger partial charge in [-0.2, -0.15) is 0 Å². The van der Waals surface area contributed by atoms with Crippen LogP contribution in [-0.2, 0) is 0 Å². The summed E-state index contributed by atoms with van der Waals surface area (Å²) in [4.78, 5) is 0. The molecule has 1 rings (SSSR count). The highest BCUT2D eigenvalue weighted by atomic mass is 79.9. The maximum atomic E-state index is 3.61. The quantitative estimate of drug-likeness (QED) is 0.605. The molecule has 0 atom stereocenters. The van der Waals surface area contributed by atoms with E-state index in [1.54, 1.807) is 0 Å². The number of hydrogen-bond donors (Lipinski definition) is 0. The first-order valence-electron chi connectivity index (χ1n) is 5.89. The van der Waals surface area contributed by atoms with Crippen molar-refractivity contribution in [3.05, 3.63) is 0 Å². The average Bonchev–Trinajstić information content (AvgIpc) is 2.17. The molecule has 0 amide bonds. The third kappa shape index (κ3) is 3.61. The highest BCUT2D eigenvalue weighted by molar-refractivity contribution is 9.09. The lowest BCUT2D eigenvalue weighted by Gasteiger charge is -2.37. The highest BCUT2D eigenvalue weighted by Gasteiger charge is 2.30. The van der Waals surface area contributed by atoms with E-state index in [0.717, 1.165) is 5.41 Å². The standard InChI is InChI=1S/C12H23Br/c1-2-3-7-12(10-11-13)8-5-4-6-9-12/h2-11H2,1H3. The van der Waals surface area contributed by atoms with Crippen LogP contribution in [0.4, 0.5) is 0 Å². The summed E-state index contributed by atoms with van der Waals surface area (Å²) in [6.45, 7) is 2.31. The molecule has 0 N–H and O–H groups in total. The van der Waals surface area contributed by atoms with Gasteiger partial charge in [0.05, 0.1) is 0 Å². The van der Waals surface area contributed by atoms with Crippen LogP contribution in [0.15, 0.2) is 0 Å². The lowest BCUT2D eigenvalue weighted by atomic mass is 9.69. The van der Waals surface area contributed by atoms with E-state index in [9.17, 15) is 0 Å². The summed E-state index contributed by atoms with van der Waals surface area (Å²) in [6.07, 6.45) is 13.1. The Labute approximate surface area is 91.6 Å². The molecule has 1 aliphatic carbocycles. The molecular weight excluding hydrogens is 224 g/mol. The highest BCUT2D eigenvalue weighted by Crippen LogP contribution is 2.43. The minimum atomic E-state index is 0.734. The first kappa shape index (κ1) is 11.6. The molecule has 0 aromatic carbocycles. The molecule has 0 nitrogen and oxygen atoms in total. The minimum absolute atomic E-state index is 0.734. The SMILES string of the molecule is CCCCC1(CCBr)CCCCC1. The summed E-state index contributed by atoms with van der Waals surface area (Å²) in [6, 6.07) is 0. The van der Waals surface area contributed by atoms with Crippen molar-refractivity contribution in [2.24, 2.45) is 5.41 Å². The van der Waals surface area contributed by atoms with Crippen LogP contribution in [0.3, 0.4) is 0 Å². The first-order chi connectivity index (χ1) is 6.33. The van der Waals surface area contributed by atoms with Crippen LogP contribution < -0.4 is 0 Å². The van der Waals surface area contributed by atoms with E-state index in [1.165, 1.54) is 63.1 Å². The number of hydrogen-bond acceptors (Lipinski definition) is 0. The Morgan fingerprint density at radius 2 is 1.77 bits per heavy atom. The van der Waals surface area contributed by atoms with Crippen molar-refractivity contribution in [2.45, 2.75) is 64.7 Å². The van der Waals surface area contributed by atoms with Gasteiger partial charge in [-0.1, -0.05) is 55.0 Å². The smallest absolute Gasteiger partial charge is 0.00365 e. The Kier molecular flexibility index (Phi) is 5.38. The number of halogens is 1. The molecule has 1 aliphatic rings. The fourth-order valence-corrected chi connectivity index (χ4v) is 3.52. The third-order valence-electron chi connectivity index (χ3n) is 3.60. The molecule has 0 aromatic heterocycles. The number of alkyl halides is 1. The van der Waals surface area contributed by atoms with Crippen LogP contribution in [-0.4, -0.2) is 5.33 Å². The Morgan fingerprint density at radius 1 is 1.08 bits per heavy atom. The topological polar surface area (TPSA) is 0 Å². The molecule has 0 unspecified atom stereocenters. The zero-order valence-corrected chi connectivity index (χ0v) is 10.5. The van der Waals surface area contributed by atoms with E-state index in [2.05, 4.69) is 22.9 Å². The largest absolute Gasteiger partial charge is 0.0928 e. The Bertz CT molecular complexity index is 120. The summed E-state index contributed by atoms with van der Waals surface area (Å²) in [5, 5.41) is 1.21. The van der Waals surface area contributed by atoms with Crippen LogP contribution in [0, 0.1) is 5.41 Å². The van der Waals surface area contributed by atoms with Gasteiger partial charge in [-0.15, -0.1) is 0 Å². The Hall–Kier alpha value is 0.480. The van der Waals surface area contributed by atoms with Gasteiger partial charge in [-0.25, -0.2) is 0 Å². The molecule has 0 radical (unpaired) electrons. The maximum absolute atomic E-state index is 3.61. The molecule has 1 heteroatoms. The van der Waals surface area contributed by atoms with Crippen LogP contribution in [0.5, 0.6) is 0 Å². The molecule has 0 saturated heterocycles. The molecule has 1 saturated carbocycles. The fraction of sp³-hybridized carbons (Fsp3) is 1.00. The van der Waals surface area contributed by atoms with Gasteiger partial charge in [0.15, 0.2) is 0 Å². The molecule has 0 aromatic rings. The van der Waals surface area contributed by atoms with E-state index in [1.807, 2.05) is 0 Å². The van der Waals surface area contributed by atoms with Crippen molar-refractivity contribution >= 4 is 15.9 Å². The van der Waals surface area contributed by atoms with E-state index < -0.39 is 0 Å². The molecule has 0 bridgehead atoms. The van der Waals surface area contributed by atoms with Crippen LogP contribution in [0.25, 0.3) is 0 Å². The Morgan fingerprint density at radius 3 is 2.31 bits per heavy atom.